The third kappa shape index (κ3) is 3.36. The van der Waals surface area contributed by atoms with Crippen LogP contribution in [-0.2, 0) is 10.9 Å². The van der Waals surface area contributed by atoms with Gasteiger partial charge in [0.15, 0.2) is 5.69 Å². The first-order valence-corrected chi connectivity index (χ1v) is 4.91. The second-order valence-electron chi connectivity index (χ2n) is 3.27. The quantitative estimate of drug-likeness (QED) is 0.632. The van der Waals surface area contributed by atoms with Crippen molar-refractivity contribution in [2.24, 2.45) is 0 Å². The summed E-state index contributed by atoms with van der Waals surface area (Å²) >= 11 is 0. The van der Waals surface area contributed by atoms with Crippen molar-refractivity contribution in [3.05, 3.63) is 28.8 Å². The highest BCUT2D eigenvalue weighted by atomic mass is 19.4. The average Bonchev–Trinajstić information content (AvgIpc) is 2.26. The van der Waals surface area contributed by atoms with Crippen LogP contribution in [0.1, 0.15) is 35.1 Å². The zero-order chi connectivity index (χ0) is 14.8. The molecule has 0 saturated heterocycles. The lowest BCUT2D eigenvalue weighted by molar-refractivity contribution is -0.142. The predicted octanol–water partition coefficient (Wildman–Crippen LogP) is 3.35. The van der Waals surface area contributed by atoms with Crippen molar-refractivity contribution in [2.45, 2.75) is 19.5 Å². The molecule has 9 heteroatoms. The number of alkyl halides is 5. The van der Waals surface area contributed by atoms with Crippen molar-refractivity contribution in [2.75, 3.05) is 6.61 Å². The molecular weight excluding hydrogens is 280 g/mol. The van der Waals surface area contributed by atoms with E-state index in [9.17, 15) is 31.1 Å². The lowest BCUT2D eigenvalue weighted by atomic mass is 10.1. The average molecular weight is 287 g/mol. The number of hydrogen-bond donors (Lipinski definition) is 0. The SMILES string of the molecule is CCOC(=O)c1c(F)cc(C(F)F)nc1C(F)(F)F. The van der Waals surface area contributed by atoms with Gasteiger partial charge in [0.2, 0.25) is 0 Å². The van der Waals surface area contributed by atoms with Crippen LogP contribution in [0.15, 0.2) is 6.07 Å². The van der Waals surface area contributed by atoms with Crippen molar-refractivity contribution in [1.82, 2.24) is 4.98 Å². The lowest BCUT2D eigenvalue weighted by Crippen LogP contribution is -2.20. The Balaban J connectivity index is 3.48. The second-order valence-corrected chi connectivity index (χ2v) is 3.27. The Hall–Kier alpha value is -1.80. The zero-order valence-electron chi connectivity index (χ0n) is 9.39. The van der Waals surface area contributed by atoms with Gasteiger partial charge in [-0.3, -0.25) is 0 Å². The molecule has 1 rings (SSSR count). The van der Waals surface area contributed by atoms with Crippen LogP contribution in [-0.4, -0.2) is 17.6 Å². The summed E-state index contributed by atoms with van der Waals surface area (Å²) in [5.41, 5.74) is -4.93. The molecule has 19 heavy (non-hydrogen) atoms. The van der Waals surface area contributed by atoms with Crippen LogP contribution in [0.2, 0.25) is 0 Å². The van der Waals surface area contributed by atoms with Crippen LogP contribution in [0.3, 0.4) is 0 Å². The number of ether oxygens (including phenoxy) is 1. The van der Waals surface area contributed by atoms with E-state index in [1.165, 1.54) is 6.92 Å². The summed E-state index contributed by atoms with van der Waals surface area (Å²) < 4.78 is 80.0. The highest BCUT2D eigenvalue weighted by Gasteiger charge is 2.40. The van der Waals surface area contributed by atoms with Crippen molar-refractivity contribution < 1.29 is 35.9 Å². The molecule has 0 atom stereocenters. The van der Waals surface area contributed by atoms with Gasteiger partial charge in [0.25, 0.3) is 6.43 Å². The normalized spacial score (nSPS) is 11.8. The largest absolute Gasteiger partial charge is 0.462 e. The van der Waals surface area contributed by atoms with Crippen LogP contribution in [0, 0.1) is 5.82 Å². The molecular formula is C10H7F6NO2. The van der Waals surface area contributed by atoms with E-state index in [-0.39, 0.29) is 12.7 Å². The van der Waals surface area contributed by atoms with Gasteiger partial charge in [0.1, 0.15) is 17.1 Å². The predicted molar refractivity (Wildman–Crippen MR) is 50.1 cm³/mol. The molecule has 3 nitrogen and oxygen atoms in total. The van der Waals surface area contributed by atoms with Gasteiger partial charge in [-0.15, -0.1) is 0 Å². The van der Waals surface area contributed by atoms with Gasteiger partial charge in [-0.05, 0) is 6.92 Å². The lowest BCUT2D eigenvalue weighted by Gasteiger charge is -2.13. The highest BCUT2D eigenvalue weighted by molar-refractivity contribution is 5.91. The Bertz CT molecular complexity index is 486. The third-order valence-corrected chi connectivity index (χ3v) is 1.96. The van der Waals surface area contributed by atoms with E-state index in [0.717, 1.165) is 0 Å². The number of esters is 1. The maximum Gasteiger partial charge on any atom is 0.434 e. The molecule has 0 saturated carbocycles. The fraction of sp³-hybridized carbons (Fsp3) is 0.400. The van der Waals surface area contributed by atoms with Crippen molar-refractivity contribution in [3.63, 3.8) is 0 Å². The molecule has 0 aliphatic carbocycles. The first-order valence-electron chi connectivity index (χ1n) is 4.91. The van der Waals surface area contributed by atoms with E-state index in [1.807, 2.05) is 0 Å². The van der Waals surface area contributed by atoms with E-state index in [4.69, 9.17) is 0 Å². The Kier molecular flexibility index (Phi) is 4.38. The molecule has 0 amide bonds. The summed E-state index contributed by atoms with van der Waals surface area (Å²) in [6.07, 6.45) is -8.65. The Morgan fingerprint density at radius 2 is 2.00 bits per heavy atom. The summed E-state index contributed by atoms with van der Waals surface area (Å²) in [5, 5.41) is 0. The molecule has 0 N–H and O–H groups in total. The first-order chi connectivity index (χ1) is 8.68. The highest BCUT2D eigenvalue weighted by Crippen LogP contribution is 2.33. The molecule has 0 spiro atoms. The van der Waals surface area contributed by atoms with Crippen LogP contribution in [0.25, 0.3) is 0 Å². The number of carbonyl (C=O) groups is 1. The molecule has 0 unspecified atom stereocenters. The maximum atomic E-state index is 13.4. The van der Waals surface area contributed by atoms with Crippen molar-refractivity contribution in [1.29, 1.82) is 0 Å². The molecule has 0 bridgehead atoms. The minimum Gasteiger partial charge on any atom is -0.462 e. The number of halogens is 6. The summed E-state index contributed by atoms with van der Waals surface area (Å²) in [6.45, 7) is 0.996. The van der Waals surface area contributed by atoms with Gasteiger partial charge >= 0.3 is 12.1 Å². The molecule has 1 aromatic rings. The smallest absolute Gasteiger partial charge is 0.434 e. The summed E-state index contributed by atoms with van der Waals surface area (Å²) in [5.74, 6) is -3.36. The topological polar surface area (TPSA) is 39.2 Å². The van der Waals surface area contributed by atoms with E-state index in [1.54, 1.807) is 0 Å². The Morgan fingerprint density at radius 1 is 1.42 bits per heavy atom. The molecule has 1 heterocycles. The van der Waals surface area contributed by atoms with Crippen molar-refractivity contribution in [3.8, 4) is 0 Å². The van der Waals surface area contributed by atoms with Gasteiger partial charge in [-0.25, -0.2) is 22.9 Å². The van der Waals surface area contributed by atoms with E-state index >= 15 is 0 Å². The summed E-state index contributed by atoms with van der Waals surface area (Å²) in [6, 6.07) is 0.0756. The molecule has 1 aromatic heterocycles. The fourth-order valence-electron chi connectivity index (χ4n) is 1.25. The Labute approximate surface area is 103 Å². The minimum atomic E-state index is -5.26. The fourth-order valence-corrected chi connectivity index (χ4v) is 1.25. The molecule has 0 radical (unpaired) electrons. The van der Waals surface area contributed by atoms with Crippen molar-refractivity contribution >= 4 is 5.97 Å². The summed E-state index contributed by atoms with van der Waals surface area (Å²) in [7, 11) is 0. The first kappa shape index (κ1) is 15.3. The molecule has 0 aliphatic rings. The molecule has 0 aromatic carbocycles. The molecule has 0 aliphatic heterocycles. The standard InChI is InChI=1S/C10H7F6NO2/c1-2-19-9(18)6-4(11)3-5(8(12)13)17-7(6)10(14,15)16/h3,8H,2H2,1H3. The van der Waals surface area contributed by atoms with E-state index in [2.05, 4.69) is 9.72 Å². The molecule has 106 valence electrons. The second kappa shape index (κ2) is 5.45. The summed E-state index contributed by atoms with van der Waals surface area (Å²) in [4.78, 5) is 13.8. The Morgan fingerprint density at radius 3 is 2.42 bits per heavy atom. The van der Waals surface area contributed by atoms with Crippen LogP contribution >= 0.6 is 0 Å². The third-order valence-electron chi connectivity index (χ3n) is 1.96. The van der Waals surface area contributed by atoms with Crippen LogP contribution < -0.4 is 0 Å². The maximum absolute atomic E-state index is 13.4. The van der Waals surface area contributed by atoms with Gasteiger partial charge in [-0.1, -0.05) is 0 Å². The monoisotopic (exact) mass is 287 g/mol. The number of aromatic nitrogens is 1. The van der Waals surface area contributed by atoms with Crippen LogP contribution in [0.5, 0.6) is 0 Å². The number of nitrogens with zero attached hydrogens (tertiary/aromatic N) is 1. The molecule has 0 fully saturated rings. The van der Waals surface area contributed by atoms with Gasteiger partial charge in [-0.2, -0.15) is 13.2 Å². The number of carbonyl (C=O) groups excluding carboxylic acids is 1. The van der Waals surface area contributed by atoms with Gasteiger partial charge in [0, 0.05) is 6.07 Å². The number of pyridine rings is 1. The zero-order valence-corrected chi connectivity index (χ0v) is 9.39. The number of hydrogen-bond acceptors (Lipinski definition) is 3. The van der Waals surface area contributed by atoms with E-state index in [0.29, 0.717) is 0 Å². The number of rotatable bonds is 3. The minimum absolute atomic E-state index is 0.0756. The van der Waals surface area contributed by atoms with Crippen LogP contribution in [0.4, 0.5) is 26.3 Å². The van der Waals surface area contributed by atoms with E-state index < -0.39 is 41.3 Å². The van der Waals surface area contributed by atoms with Gasteiger partial charge < -0.3 is 4.74 Å². The van der Waals surface area contributed by atoms with Gasteiger partial charge in [0.05, 0.1) is 6.61 Å².